The predicted molar refractivity (Wildman–Crippen MR) is 151 cm³/mol. The molecule has 3 aromatic carbocycles. The van der Waals surface area contributed by atoms with Crippen molar-refractivity contribution in [2.75, 3.05) is 12.0 Å². The number of aliphatic carboxylic acids is 1. The third-order valence-corrected chi connectivity index (χ3v) is 7.76. The molecule has 0 aliphatic heterocycles. The molecule has 0 fully saturated rings. The quantitative estimate of drug-likeness (QED) is 0.165. The number of sulfone groups is 1. The average Bonchev–Trinajstić information content (AvgIpc) is 2.86. The number of anilines is 1. The Morgan fingerprint density at radius 1 is 1.08 bits per heavy atom. The van der Waals surface area contributed by atoms with E-state index in [0.29, 0.717) is 40.8 Å². The zero-order valence-corrected chi connectivity index (χ0v) is 23.1. The molecule has 0 spiro atoms. The van der Waals surface area contributed by atoms with Gasteiger partial charge in [-0.3, -0.25) is 4.79 Å². The molecule has 0 saturated carbocycles. The average molecular weight is 593 g/mol. The Morgan fingerprint density at radius 3 is 2.31 bits per heavy atom. The smallest absolute Gasteiger partial charge is 0.326 e. The van der Waals surface area contributed by atoms with Gasteiger partial charge in [-0.1, -0.05) is 47.5 Å². The minimum atomic E-state index is -3.49. The van der Waals surface area contributed by atoms with E-state index < -0.39 is 33.9 Å². The third kappa shape index (κ3) is 7.79. The number of hydrogen-bond donors (Lipinski definition) is 5. The first-order valence-electron chi connectivity index (χ1n) is 11.7. The summed E-state index contributed by atoms with van der Waals surface area (Å²) in [7, 11) is -3.49. The van der Waals surface area contributed by atoms with Crippen molar-refractivity contribution in [1.82, 2.24) is 5.32 Å². The molecule has 0 aliphatic carbocycles. The van der Waals surface area contributed by atoms with E-state index in [0.717, 1.165) is 12.5 Å². The molecule has 9 nitrogen and oxygen atoms in total. The summed E-state index contributed by atoms with van der Waals surface area (Å²) in [6.07, 6.45) is 1.83. The molecule has 39 heavy (non-hydrogen) atoms. The van der Waals surface area contributed by atoms with Crippen LogP contribution < -0.4 is 11.1 Å². The molecule has 2 unspecified atom stereocenters. The topological polar surface area (TPSA) is 171 Å². The van der Waals surface area contributed by atoms with Crippen molar-refractivity contribution in [2.45, 2.75) is 36.3 Å². The minimum absolute atomic E-state index is 0.00674. The fourth-order valence-electron chi connectivity index (χ4n) is 3.96. The molecule has 0 aromatic heterocycles. The van der Waals surface area contributed by atoms with Crippen molar-refractivity contribution in [3.05, 3.63) is 92.5 Å². The molecule has 3 rings (SSSR count). The molecule has 12 heteroatoms. The maximum atomic E-state index is 13.0. The molecular weight excluding hydrogens is 565 g/mol. The fourth-order valence-corrected chi connectivity index (χ4v) is 5.35. The summed E-state index contributed by atoms with van der Waals surface area (Å²) in [5.74, 6) is -2.12. The Hall–Kier alpha value is -3.44. The van der Waals surface area contributed by atoms with E-state index in [1.807, 2.05) is 0 Å². The van der Waals surface area contributed by atoms with Crippen LogP contribution in [0.15, 0.2) is 59.5 Å². The van der Waals surface area contributed by atoms with Crippen LogP contribution in [0.1, 0.15) is 45.1 Å². The number of hydrogen-bond acceptors (Lipinski definition) is 7. The van der Waals surface area contributed by atoms with Crippen LogP contribution in [-0.4, -0.2) is 49.0 Å². The van der Waals surface area contributed by atoms with Gasteiger partial charge in [0.2, 0.25) is 0 Å². The van der Waals surface area contributed by atoms with E-state index in [4.69, 9.17) is 34.3 Å². The summed E-state index contributed by atoms with van der Waals surface area (Å²) in [6.45, 7) is 0. The highest BCUT2D eigenvalue weighted by Gasteiger charge is 2.25. The van der Waals surface area contributed by atoms with Gasteiger partial charge in [-0.25, -0.2) is 13.2 Å². The Kier molecular flexibility index (Phi) is 9.73. The van der Waals surface area contributed by atoms with Crippen molar-refractivity contribution < 1.29 is 28.2 Å². The fraction of sp³-hybridized carbons (Fsp3) is 0.222. The monoisotopic (exact) mass is 591 g/mol. The van der Waals surface area contributed by atoms with Crippen molar-refractivity contribution >= 4 is 56.8 Å². The van der Waals surface area contributed by atoms with Gasteiger partial charge >= 0.3 is 5.97 Å². The molecule has 3 aromatic rings. The highest BCUT2D eigenvalue weighted by atomic mass is 35.5. The van der Waals surface area contributed by atoms with Crippen LogP contribution in [0, 0.1) is 5.41 Å². The van der Waals surface area contributed by atoms with E-state index in [1.165, 1.54) is 30.3 Å². The first-order valence-corrected chi connectivity index (χ1v) is 14.3. The number of rotatable bonds is 11. The maximum Gasteiger partial charge on any atom is 0.326 e. The number of nitrogens with two attached hydrogens (primary N) is 1. The predicted octanol–water partition coefficient (Wildman–Crippen LogP) is 4.07. The number of aryl methyl sites for hydroxylation is 1. The lowest BCUT2D eigenvalue weighted by Crippen LogP contribution is -2.42. The molecule has 0 aliphatic rings. The Labute approximate surface area is 236 Å². The van der Waals surface area contributed by atoms with Crippen LogP contribution in [-0.2, 0) is 27.5 Å². The second-order valence-electron chi connectivity index (χ2n) is 9.01. The van der Waals surface area contributed by atoms with Crippen molar-refractivity contribution in [3.8, 4) is 0 Å². The zero-order valence-electron chi connectivity index (χ0n) is 20.8. The normalized spacial score (nSPS) is 12.9. The number of nitrogens with one attached hydrogen (secondary N) is 2. The van der Waals surface area contributed by atoms with Gasteiger partial charge in [0.25, 0.3) is 5.91 Å². The standard InChI is InChI=1S/C27H27Cl2N3O6S/c1-39(37,38)19-4-2-3-15(9-19)12-23(27(35)36)32-26(34)25-20(28)10-16(11-21(25)29)5-8-24(33)17-6-7-18(14-30)22(31)13-17/h2-4,6-7,9-11,13-14,23-24,30,33H,5,8,12,31H2,1H3,(H,32,34)(H,35,36). The molecule has 0 heterocycles. The summed E-state index contributed by atoms with van der Waals surface area (Å²) < 4.78 is 23.6. The summed E-state index contributed by atoms with van der Waals surface area (Å²) in [5, 5.41) is 29.9. The number of aliphatic hydroxyl groups is 1. The van der Waals surface area contributed by atoms with Crippen LogP contribution in [0.5, 0.6) is 0 Å². The van der Waals surface area contributed by atoms with E-state index >= 15 is 0 Å². The second-order valence-corrected chi connectivity index (χ2v) is 11.8. The lowest BCUT2D eigenvalue weighted by Gasteiger charge is -2.17. The number of benzene rings is 3. The molecule has 2 atom stereocenters. The second kappa shape index (κ2) is 12.6. The highest BCUT2D eigenvalue weighted by Crippen LogP contribution is 2.29. The van der Waals surface area contributed by atoms with Crippen molar-refractivity contribution in [1.29, 1.82) is 5.41 Å². The number of aliphatic hydroxyl groups excluding tert-OH is 1. The molecule has 0 saturated heterocycles. The summed E-state index contributed by atoms with van der Waals surface area (Å²) in [4.78, 5) is 24.9. The number of carboxylic acid groups (broad SMARTS) is 1. The highest BCUT2D eigenvalue weighted by molar-refractivity contribution is 7.90. The molecule has 206 valence electrons. The van der Waals surface area contributed by atoms with Gasteiger partial charge in [0.05, 0.1) is 26.6 Å². The van der Waals surface area contributed by atoms with Crippen LogP contribution >= 0.6 is 23.2 Å². The summed E-state index contributed by atoms with van der Waals surface area (Å²) in [5.41, 5.74) is 8.36. The van der Waals surface area contributed by atoms with E-state index in [2.05, 4.69) is 5.32 Å². The number of halogens is 2. The largest absolute Gasteiger partial charge is 0.480 e. The lowest BCUT2D eigenvalue weighted by atomic mass is 9.98. The number of amides is 1. The molecular formula is C27H27Cl2N3O6S. The summed E-state index contributed by atoms with van der Waals surface area (Å²) >= 11 is 12.7. The van der Waals surface area contributed by atoms with Crippen LogP contribution in [0.4, 0.5) is 5.69 Å². The maximum absolute atomic E-state index is 13.0. The first-order chi connectivity index (χ1) is 18.3. The van der Waals surface area contributed by atoms with Crippen LogP contribution in [0.2, 0.25) is 10.0 Å². The Balaban J connectivity index is 1.72. The lowest BCUT2D eigenvalue weighted by molar-refractivity contribution is -0.139. The van der Waals surface area contributed by atoms with Crippen molar-refractivity contribution in [3.63, 3.8) is 0 Å². The van der Waals surface area contributed by atoms with E-state index in [-0.39, 0.29) is 26.9 Å². The van der Waals surface area contributed by atoms with Gasteiger partial charge in [0, 0.05) is 30.1 Å². The molecule has 0 bridgehead atoms. The van der Waals surface area contributed by atoms with Gasteiger partial charge in [0.15, 0.2) is 9.84 Å². The number of carboxylic acids is 1. The number of nitrogen functional groups attached to an aromatic ring is 1. The third-order valence-electron chi connectivity index (χ3n) is 6.06. The van der Waals surface area contributed by atoms with Gasteiger partial charge in [-0.05, 0) is 59.9 Å². The van der Waals surface area contributed by atoms with Crippen LogP contribution in [0.25, 0.3) is 0 Å². The Morgan fingerprint density at radius 2 is 1.74 bits per heavy atom. The van der Waals surface area contributed by atoms with E-state index in [1.54, 1.807) is 24.3 Å². The number of carbonyl (C=O) groups excluding carboxylic acids is 1. The van der Waals surface area contributed by atoms with Crippen molar-refractivity contribution in [2.24, 2.45) is 0 Å². The first kappa shape index (κ1) is 30.1. The SMILES string of the molecule is CS(=O)(=O)c1cccc(CC(NC(=O)c2c(Cl)cc(CCC(O)c3ccc(C=N)c(N)c3)cc2Cl)C(=O)O)c1. The molecule has 1 amide bonds. The van der Waals surface area contributed by atoms with Gasteiger partial charge in [0.1, 0.15) is 6.04 Å². The van der Waals surface area contributed by atoms with Gasteiger partial charge in [-0.2, -0.15) is 0 Å². The zero-order chi connectivity index (χ0) is 28.9. The van der Waals surface area contributed by atoms with Gasteiger partial charge in [-0.15, -0.1) is 0 Å². The minimum Gasteiger partial charge on any atom is -0.480 e. The summed E-state index contributed by atoms with van der Waals surface area (Å²) in [6, 6.07) is 12.4. The van der Waals surface area contributed by atoms with Crippen LogP contribution in [0.3, 0.4) is 0 Å². The van der Waals surface area contributed by atoms with Gasteiger partial charge < -0.3 is 26.7 Å². The number of carbonyl (C=O) groups is 2. The Bertz CT molecular complexity index is 1500. The van der Waals surface area contributed by atoms with E-state index in [9.17, 15) is 28.2 Å². The molecule has 6 N–H and O–H groups in total. The molecule has 0 radical (unpaired) electrons.